The van der Waals surface area contributed by atoms with E-state index >= 15 is 0 Å². The minimum absolute atomic E-state index is 0.804. The molecule has 0 radical (unpaired) electrons. The molecule has 3 heteroatoms. The summed E-state index contributed by atoms with van der Waals surface area (Å²) in [4.78, 5) is 0. The molecular weight excluding hydrogens is 270 g/mol. The molecular formula is C17H20ClNO. The number of aryl methyl sites for hydroxylation is 3. The van der Waals surface area contributed by atoms with Crippen LogP contribution in [0.3, 0.4) is 0 Å². The van der Waals surface area contributed by atoms with Gasteiger partial charge in [0.05, 0.1) is 0 Å². The summed E-state index contributed by atoms with van der Waals surface area (Å²) < 4.78 is 5.98. The fourth-order valence-electron chi connectivity index (χ4n) is 2.23. The van der Waals surface area contributed by atoms with Gasteiger partial charge in [-0.2, -0.15) is 0 Å². The molecule has 0 bridgehead atoms. The van der Waals surface area contributed by atoms with Gasteiger partial charge < -0.3 is 10.1 Å². The highest BCUT2D eigenvalue weighted by molar-refractivity contribution is 6.32. The summed E-state index contributed by atoms with van der Waals surface area (Å²) in [5.41, 5.74) is 4.45. The zero-order valence-electron chi connectivity index (χ0n) is 12.4. The maximum absolute atomic E-state index is 6.18. The van der Waals surface area contributed by atoms with Crippen LogP contribution in [0.5, 0.6) is 11.5 Å². The molecule has 0 heterocycles. The third-order valence-corrected chi connectivity index (χ3v) is 3.85. The second-order valence-corrected chi connectivity index (χ2v) is 5.48. The first-order valence-electron chi connectivity index (χ1n) is 6.70. The Balaban J connectivity index is 2.26. The third-order valence-electron chi connectivity index (χ3n) is 3.26. The molecule has 0 spiro atoms. The molecule has 0 aliphatic heterocycles. The summed E-state index contributed by atoms with van der Waals surface area (Å²) in [6.07, 6.45) is 0. The fourth-order valence-corrected chi connectivity index (χ4v) is 2.34. The lowest BCUT2D eigenvalue weighted by Crippen LogP contribution is -2.05. The van der Waals surface area contributed by atoms with Crippen LogP contribution in [0.15, 0.2) is 30.3 Å². The molecule has 0 aromatic heterocycles. The lowest BCUT2D eigenvalue weighted by Gasteiger charge is -2.12. The van der Waals surface area contributed by atoms with Crippen LogP contribution >= 0.6 is 11.6 Å². The second kappa shape index (κ2) is 6.29. The highest BCUT2D eigenvalue weighted by atomic mass is 35.5. The average molecular weight is 290 g/mol. The van der Waals surface area contributed by atoms with Crippen LogP contribution in [0.25, 0.3) is 0 Å². The predicted octanol–water partition coefficient (Wildman–Crippen LogP) is 4.78. The first-order chi connectivity index (χ1) is 9.51. The molecule has 0 unspecified atom stereocenters. The van der Waals surface area contributed by atoms with Gasteiger partial charge in [-0.05, 0) is 68.3 Å². The lowest BCUT2D eigenvalue weighted by atomic mass is 10.1. The molecule has 106 valence electrons. The van der Waals surface area contributed by atoms with Crippen LogP contribution in [-0.4, -0.2) is 7.05 Å². The van der Waals surface area contributed by atoms with E-state index in [1.165, 1.54) is 5.56 Å². The van der Waals surface area contributed by atoms with Gasteiger partial charge in [0.15, 0.2) is 0 Å². The second-order valence-electron chi connectivity index (χ2n) is 5.10. The van der Waals surface area contributed by atoms with Crippen molar-refractivity contribution in [3.63, 3.8) is 0 Å². The van der Waals surface area contributed by atoms with E-state index in [0.717, 1.165) is 39.8 Å². The molecule has 0 saturated heterocycles. The van der Waals surface area contributed by atoms with E-state index in [2.05, 4.69) is 24.4 Å². The Kier molecular flexibility index (Phi) is 4.69. The zero-order valence-corrected chi connectivity index (χ0v) is 13.1. The van der Waals surface area contributed by atoms with Crippen molar-refractivity contribution in [2.75, 3.05) is 7.05 Å². The Labute approximate surface area is 125 Å². The largest absolute Gasteiger partial charge is 0.457 e. The quantitative estimate of drug-likeness (QED) is 0.875. The summed E-state index contributed by atoms with van der Waals surface area (Å²) in [5, 5.41) is 3.95. The first-order valence-corrected chi connectivity index (χ1v) is 7.08. The molecule has 0 saturated carbocycles. The van der Waals surface area contributed by atoms with Crippen molar-refractivity contribution in [1.29, 1.82) is 0 Å². The first kappa shape index (κ1) is 14.9. The number of hydrogen-bond donors (Lipinski definition) is 1. The Hall–Kier alpha value is -1.51. The minimum Gasteiger partial charge on any atom is -0.457 e. The molecule has 2 rings (SSSR count). The third kappa shape index (κ3) is 3.33. The summed E-state index contributed by atoms with van der Waals surface area (Å²) >= 11 is 6.18. The summed E-state index contributed by atoms with van der Waals surface area (Å²) in [6, 6.07) is 10.2. The van der Waals surface area contributed by atoms with Crippen molar-refractivity contribution in [2.24, 2.45) is 0 Å². The predicted molar refractivity (Wildman–Crippen MR) is 84.9 cm³/mol. The van der Waals surface area contributed by atoms with Crippen molar-refractivity contribution >= 4 is 11.6 Å². The number of ether oxygens (including phenoxy) is 1. The topological polar surface area (TPSA) is 21.3 Å². The monoisotopic (exact) mass is 289 g/mol. The van der Waals surface area contributed by atoms with Gasteiger partial charge >= 0.3 is 0 Å². The van der Waals surface area contributed by atoms with Crippen molar-refractivity contribution in [1.82, 2.24) is 5.32 Å². The highest BCUT2D eigenvalue weighted by Gasteiger charge is 2.07. The number of rotatable bonds is 4. The van der Waals surface area contributed by atoms with E-state index in [4.69, 9.17) is 16.3 Å². The maximum Gasteiger partial charge on any atom is 0.130 e. The van der Waals surface area contributed by atoms with E-state index in [1.807, 2.05) is 39.1 Å². The standard InChI is InChI=1S/C17H20ClNO/c1-11-7-14(10-19-4)5-6-16(11)20-15-8-12(2)17(18)13(3)9-15/h5-9,19H,10H2,1-4H3. The van der Waals surface area contributed by atoms with Gasteiger partial charge in [0, 0.05) is 11.6 Å². The molecule has 0 aliphatic carbocycles. The molecule has 0 fully saturated rings. The Morgan fingerprint density at radius 1 is 1.00 bits per heavy atom. The van der Waals surface area contributed by atoms with Crippen molar-refractivity contribution in [3.05, 3.63) is 57.6 Å². The van der Waals surface area contributed by atoms with Gasteiger partial charge in [0.25, 0.3) is 0 Å². The molecule has 2 aromatic carbocycles. The van der Waals surface area contributed by atoms with Crippen molar-refractivity contribution in [3.8, 4) is 11.5 Å². The highest BCUT2D eigenvalue weighted by Crippen LogP contribution is 2.30. The van der Waals surface area contributed by atoms with E-state index < -0.39 is 0 Å². The smallest absolute Gasteiger partial charge is 0.130 e. The maximum atomic E-state index is 6.18. The molecule has 20 heavy (non-hydrogen) atoms. The van der Waals surface area contributed by atoms with Crippen molar-refractivity contribution < 1.29 is 4.74 Å². The molecule has 0 amide bonds. The van der Waals surface area contributed by atoms with Gasteiger partial charge in [-0.25, -0.2) is 0 Å². The SMILES string of the molecule is CNCc1ccc(Oc2cc(C)c(Cl)c(C)c2)c(C)c1. The summed E-state index contributed by atoms with van der Waals surface area (Å²) in [5.74, 6) is 1.71. The number of nitrogens with one attached hydrogen (secondary N) is 1. The van der Waals surface area contributed by atoms with Crippen LogP contribution in [0, 0.1) is 20.8 Å². The van der Waals surface area contributed by atoms with Gasteiger partial charge in [-0.3, -0.25) is 0 Å². The lowest BCUT2D eigenvalue weighted by molar-refractivity contribution is 0.478. The summed E-state index contributed by atoms with van der Waals surface area (Å²) in [6.45, 7) is 6.90. The van der Waals surface area contributed by atoms with Crippen LogP contribution < -0.4 is 10.1 Å². The zero-order chi connectivity index (χ0) is 14.7. The van der Waals surface area contributed by atoms with Crippen LogP contribution in [0.2, 0.25) is 5.02 Å². The van der Waals surface area contributed by atoms with E-state index in [9.17, 15) is 0 Å². The van der Waals surface area contributed by atoms with Crippen LogP contribution in [-0.2, 0) is 6.54 Å². The Morgan fingerprint density at radius 3 is 2.20 bits per heavy atom. The van der Waals surface area contributed by atoms with Crippen molar-refractivity contribution in [2.45, 2.75) is 27.3 Å². The van der Waals surface area contributed by atoms with Gasteiger partial charge in [0.2, 0.25) is 0 Å². The number of benzene rings is 2. The average Bonchev–Trinajstić information content (AvgIpc) is 2.39. The Bertz CT molecular complexity index is 599. The van der Waals surface area contributed by atoms with Crippen LogP contribution in [0.1, 0.15) is 22.3 Å². The van der Waals surface area contributed by atoms with E-state index in [-0.39, 0.29) is 0 Å². The Morgan fingerprint density at radius 2 is 1.65 bits per heavy atom. The molecule has 2 aromatic rings. The molecule has 0 aliphatic rings. The molecule has 0 atom stereocenters. The van der Waals surface area contributed by atoms with Gasteiger partial charge in [-0.1, -0.05) is 23.7 Å². The van der Waals surface area contributed by atoms with E-state index in [1.54, 1.807) is 0 Å². The molecule has 1 N–H and O–H groups in total. The van der Waals surface area contributed by atoms with Gasteiger partial charge in [-0.15, -0.1) is 0 Å². The number of hydrogen-bond acceptors (Lipinski definition) is 2. The normalized spacial score (nSPS) is 10.7. The van der Waals surface area contributed by atoms with Gasteiger partial charge in [0.1, 0.15) is 11.5 Å². The van der Waals surface area contributed by atoms with E-state index in [0.29, 0.717) is 0 Å². The number of halogens is 1. The minimum atomic E-state index is 0.804. The van der Waals surface area contributed by atoms with Crippen LogP contribution in [0.4, 0.5) is 0 Å². The molecule has 2 nitrogen and oxygen atoms in total. The summed E-state index contributed by atoms with van der Waals surface area (Å²) in [7, 11) is 1.94. The fraction of sp³-hybridized carbons (Fsp3) is 0.294.